The van der Waals surface area contributed by atoms with E-state index in [2.05, 4.69) is 22.4 Å². The zero-order valence-corrected chi connectivity index (χ0v) is 18.7. The molecule has 3 aromatic heterocycles. The molecule has 3 heterocycles. The molecule has 0 saturated heterocycles. The first-order valence-corrected chi connectivity index (χ1v) is 10.5. The Hall–Kier alpha value is -3.48. The number of carbonyl (C=O) groups excluding carboxylic acids is 1. The molecule has 1 N–H and O–H groups in total. The molecule has 160 valence electrons. The number of hydrogen-bond donors (Lipinski definition) is 1. The van der Waals surface area contributed by atoms with Gasteiger partial charge in [-0.2, -0.15) is 10.2 Å². The van der Waals surface area contributed by atoms with E-state index in [1.54, 1.807) is 6.20 Å². The molecule has 0 radical (unpaired) electrons. The first-order chi connectivity index (χ1) is 14.8. The molecule has 4 aromatic rings. The zero-order valence-electron chi connectivity index (χ0n) is 18.7. The van der Waals surface area contributed by atoms with Crippen molar-refractivity contribution in [3.63, 3.8) is 0 Å². The molecule has 4 rings (SSSR count). The molecule has 0 saturated carbocycles. The average Bonchev–Trinajstić information content (AvgIpc) is 3.24. The van der Waals surface area contributed by atoms with E-state index in [0.29, 0.717) is 12.1 Å². The molecule has 0 bridgehead atoms. The number of fused-ring (bicyclic) bond motifs is 1. The third-order valence-corrected chi connectivity index (χ3v) is 5.80. The van der Waals surface area contributed by atoms with Crippen LogP contribution < -0.4 is 5.32 Å². The number of carbonyl (C=O) groups is 1. The minimum Gasteiger partial charge on any atom is -0.349 e. The topological polar surface area (TPSA) is 77.6 Å². The number of rotatable bonds is 6. The highest BCUT2D eigenvalue weighted by Gasteiger charge is 2.18. The van der Waals surface area contributed by atoms with E-state index in [-0.39, 0.29) is 11.9 Å². The highest BCUT2D eigenvalue weighted by atomic mass is 16.1. The summed E-state index contributed by atoms with van der Waals surface area (Å²) >= 11 is 0. The fourth-order valence-electron chi connectivity index (χ4n) is 3.99. The van der Waals surface area contributed by atoms with Gasteiger partial charge in [0, 0.05) is 36.1 Å². The second-order valence-corrected chi connectivity index (χ2v) is 8.16. The molecule has 0 spiro atoms. The van der Waals surface area contributed by atoms with E-state index in [1.807, 2.05) is 73.6 Å². The van der Waals surface area contributed by atoms with Gasteiger partial charge in [-0.15, -0.1) is 0 Å². The second kappa shape index (κ2) is 8.34. The summed E-state index contributed by atoms with van der Waals surface area (Å²) in [6, 6.07) is 11.6. The maximum atomic E-state index is 13.3. The molecule has 1 atom stereocenters. The molecule has 7 nitrogen and oxygen atoms in total. The first kappa shape index (κ1) is 20.8. The predicted molar refractivity (Wildman–Crippen MR) is 121 cm³/mol. The van der Waals surface area contributed by atoms with Crippen LogP contribution in [0, 0.1) is 20.8 Å². The summed E-state index contributed by atoms with van der Waals surface area (Å²) in [5, 5.41) is 12.9. The third kappa shape index (κ3) is 4.21. The van der Waals surface area contributed by atoms with Crippen molar-refractivity contribution in [3.8, 4) is 0 Å². The Morgan fingerprint density at radius 1 is 1.16 bits per heavy atom. The predicted octanol–water partition coefficient (Wildman–Crippen LogP) is 3.50. The van der Waals surface area contributed by atoms with Crippen molar-refractivity contribution in [1.29, 1.82) is 0 Å². The zero-order chi connectivity index (χ0) is 22.1. The number of benzene rings is 1. The van der Waals surface area contributed by atoms with Crippen molar-refractivity contribution in [1.82, 2.24) is 29.9 Å². The molecule has 1 aromatic carbocycles. The van der Waals surface area contributed by atoms with E-state index < -0.39 is 0 Å². The van der Waals surface area contributed by atoms with Crippen molar-refractivity contribution in [2.45, 2.75) is 46.7 Å². The molecule has 1 amide bonds. The summed E-state index contributed by atoms with van der Waals surface area (Å²) in [7, 11) is 1.95. The van der Waals surface area contributed by atoms with Gasteiger partial charge in [-0.1, -0.05) is 18.2 Å². The van der Waals surface area contributed by atoms with Crippen LogP contribution in [0.3, 0.4) is 0 Å². The van der Waals surface area contributed by atoms with E-state index in [0.717, 1.165) is 40.1 Å². The fraction of sp³-hybridized carbons (Fsp3) is 0.333. The molecule has 0 unspecified atom stereocenters. The molecule has 0 fully saturated rings. The van der Waals surface area contributed by atoms with Gasteiger partial charge >= 0.3 is 0 Å². The Labute approximate surface area is 182 Å². The van der Waals surface area contributed by atoms with Crippen molar-refractivity contribution in [2.75, 3.05) is 0 Å². The Kier molecular flexibility index (Phi) is 5.59. The van der Waals surface area contributed by atoms with Crippen LogP contribution in [0.1, 0.15) is 45.6 Å². The number of nitrogens with zero attached hydrogens (tertiary/aromatic N) is 5. The summed E-state index contributed by atoms with van der Waals surface area (Å²) in [5.41, 5.74) is 6.62. The normalized spacial score (nSPS) is 12.3. The summed E-state index contributed by atoms with van der Waals surface area (Å²) < 4.78 is 3.77. The van der Waals surface area contributed by atoms with Gasteiger partial charge in [-0.05, 0) is 57.9 Å². The van der Waals surface area contributed by atoms with Crippen LogP contribution in [0.25, 0.3) is 10.9 Å². The quantitative estimate of drug-likeness (QED) is 0.522. The van der Waals surface area contributed by atoms with Crippen LogP contribution >= 0.6 is 0 Å². The highest BCUT2D eigenvalue weighted by molar-refractivity contribution is 6.06. The van der Waals surface area contributed by atoms with Gasteiger partial charge in [-0.25, -0.2) is 0 Å². The number of amides is 1. The average molecular weight is 417 g/mol. The van der Waals surface area contributed by atoms with Crippen LogP contribution in [-0.2, 0) is 20.0 Å². The van der Waals surface area contributed by atoms with Gasteiger partial charge in [-0.3, -0.25) is 19.1 Å². The summed E-state index contributed by atoms with van der Waals surface area (Å²) in [5.74, 6) is -0.0938. The van der Waals surface area contributed by atoms with Gasteiger partial charge in [0.15, 0.2) is 0 Å². The Bertz CT molecular complexity index is 1250. The minimum absolute atomic E-state index is 0.0298. The summed E-state index contributed by atoms with van der Waals surface area (Å²) in [4.78, 5) is 18.0. The van der Waals surface area contributed by atoms with Crippen LogP contribution in [0.15, 0.2) is 42.6 Å². The molecule has 0 aliphatic rings. The molecular weight excluding hydrogens is 388 g/mol. The summed E-state index contributed by atoms with van der Waals surface area (Å²) in [6.45, 7) is 8.63. The Balaban J connectivity index is 1.61. The lowest BCUT2D eigenvalue weighted by Gasteiger charge is -2.16. The molecular formula is C24H28N6O. The fourth-order valence-corrected chi connectivity index (χ4v) is 3.99. The number of hydrogen-bond acceptors (Lipinski definition) is 4. The van der Waals surface area contributed by atoms with Crippen LogP contribution in [-0.4, -0.2) is 36.5 Å². The van der Waals surface area contributed by atoms with Crippen molar-refractivity contribution in [2.24, 2.45) is 7.05 Å². The second-order valence-electron chi connectivity index (χ2n) is 8.16. The van der Waals surface area contributed by atoms with E-state index in [9.17, 15) is 4.79 Å². The van der Waals surface area contributed by atoms with Gasteiger partial charge in [0.1, 0.15) is 0 Å². The van der Waals surface area contributed by atoms with Gasteiger partial charge in [0.05, 0.1) is 29.0 Å². The summed E-state index contributed by atoms with van der Waals surface area (Å²) in [6.07, 6.45) is 2.51. The molecule has 7 heteroatoms. The Morgan fingerprint density at radius 2 is 1.94 bits per heavy atom. The van der Waals surface area contributed by atoms with Crippen LogP contribution in [0.2, 0.25) is 0 Å². The lowest BCUT2D eigenvalue weighted by Crippen LogP contribution is -2.34. The number of para-hydroxylation sites is 1. The smallest absolute Gasteiger partial charge is 0.252 e. The van der Waals surface area contributed by atoms with Gasteiger partial charge in [0.25, 0.3) is 5.91 Å². The number of aryl methyl sites for hydroxylation is 3. The largest absolute Gasteiger partial charge is 0.349 e. The number of aromatic nitrogens is 5. The van der Waals surface area contributed by atoms with E-state index in [4.69, 9.17) is 4.98 Å². The molecule has 0 aliphatic heterocycles. The number of pyridine rings is 1. The first-order valence-electron chi connectivity index (χ1n) is 10.5. The third-order valence-electron chi connectivity index (χ3n) is 5.80. The maximum absolute atomic E-state index is 13.3. The van der Waals surface area contributed by atoms with Crippen molar-refractivity contribution in [3.05, 3.63) is 76.5 Å². The van der Waals surface area contributed by atoms with E-state index >= 15 is 0 Å². The van der Waals surface area contributed by atoms with Crippen molar-refractivity contribution < 1.29 is 4.79 Å². The molecule has 31 heavy (non-hydrogen) atoms. The lowest BCUT2D eigenvalue weighted by molar-refractivity contribution is 0.0941. The molecule has 0 aliphatic carbocycles. The Morgan fingerprint density at radius 3 is 2.61 bits per heavy atom. The van der Waals surface area contributed by atoms with Crippen molar-refractivity contribution >= 4 is 16.8 Å². The SMILES string of the molecule is Cc1nn(C)c(C)c1C[C@H](C)NC(=O)c1cc(Cn2nccc2C)nc2ccccc12. The maximum Gasteiger partial charge on any atom is 0.252 e. The monoisotopic (exact) mass is 416 g/mol. The number of nitrogens with one attached hydrogen (secondary N) is 1. The standard InChI is InChI=1S/C24H28N6O/c1-15(12-21-17(3)28-29(5)18(21)4)26-24(31)22-13-19(14-30-16(2)10-11-25-30)27-23-9-7-6-8-20(22)23/h6-11,13,15H,12,14H2,1-5H3,(H,26,31)/t15-/m0/s1. The minimum atomic E-state index is -0.0938. The van der Waals surface area contributed by atoms with Gasteiger partial charge < -0.3 is 5.32 Å². The van der Waals surface area contributed by atoms with E-state index in [1.165, 1.54) is 5.56 Å². The highest BCUT2D eigenvalue weighted by Crippen LogP contribution is 2.20. The van der Waals surface area contributed by atoms with Crippen LogP contribution in [0.4, 0.5) is 0 Å². The van der Waals surface area contributed by atoms with Gasteiger partial charge in [0.2, 0.25) is 0 Å². The lowest BCUT2D eigenvalue weighted by atomic mass is 10.0. The van der Waals surface area contributed by atoms with Crippen LogP contribution in [0.5, 0.6) is 0 Å².